The van der Waals surface area contributed by atoms with E-state index in [2.05, 4.69) is 30.9 Å². The van der Waals surface area contributed by atoms with E-state index in [-0.39, 0.29) is 31.3 Å². The molecule has 3 amide bonds. The van der Waals surface area contributed by atoms with Gasteiger partial charge in [0.25, 0.3) is 0 Å². The van der Waals surface area contributed by atoms with E-state index >= 15 is 0 Å². The fourth-order valence-corrected chi connectivity index (χ4v) is 2.95. The number of carbonyl (C=O) groups is 4. The topological polar surface area (TPSA) is 244 Å². The van der Waals surface area contributed by atoms with Crippen molar-refractivity contribution in [3.8, 4) is 0 Å². The van der Waals surface area contributed by atoms with Gasteiger partial charge in [0, 0.05) is 24.9 Å². The largest absolute Gasteiger partial charge is 0.480 e. The summed E-state index contributed by atoms with van der Waals surface area (Å²) < 4.78 is 0. The van der Waals surface area contributed by atoms with Gasteiger partial charge in [-0.2, -0.15) is 0 Å². The number of nitrogens with one attached hydrogen (secondary N) is 4. The Morgan fingerprint density at radius 3 is 2.29 bits per heavy atom. The molecule has 0 aliphatic rings. The third-order valence-corrected chi connectivity index (χ3v) is 4.89. The number of nitrogens with two attached hydrogens (primary N) is 3. The highest BCUT2D eigenvalue weighted by Crippen LogP contribution is 2.06. The second-order valence-electron chi connectivity index (χ2n) is 8.20. The first kappa shape index (κ1) is 28.4. The standard InChI is InChI=1S/C20H35N9O5/c1-10(2)15(19(33)34)29-18(32)14(5-4-6-25-20(22)23)28-16(30)11(3)27-17(31)13(21)7-12-8-24-9-26-12/h8-11,13-15H,4-7,21H2,1-3H3,(H,24,26)(H,27,31)(H,28,30)(H,29,32)(H,33,34)(H4,22,23,25). The molecule has 34 heavy (non-hydrogen) atoms. The minimum atomic E-state index is -1.19. The molecule has 4 atom stereocenters. The number of H-pyrrole nitrogens is 1. The zero-order valence-electron chi connectivity index (χ0n) is 19.6. The van der Waals surface area contributed by atoms with Crippen molar-refractivity contribution in [2.24, 2.45) is 28.1 Å². The van der Waals surface area contributed by atoms with Crippen LogP contribution in [0.25, 0.3) is 0 Å². The van der Waals surface area contributed by atoms with Gasteiger partial charge < -0.3 is 43.2 Å². The monoisotopic (exact) mass is 481 g/mol. The number of carboxylic acid groups (broad SMARTS) is 1. The molecule has 14 nitrogen and oxygen atoms in total. The second kappa shape index (κ2) is 13.8. The van der Waals surface area contributed by atoms with Gasteiger partial charge in [-0.05, 0) is 25.7 Å². The Hall–Kier alpha value is -3.68. The molecule has 1 aromatic heterocycles. The molecule has 0 saturated carbocycles. The number of guanidine groups is 1. The molecule has 11 N–H and O–H groups in total. The number of amides is 3. The van der Waals surface area contributed by atoms with Gasteiger partial charge in [-0.1, -0.05) is 13.8 Å². The van der Waals surface area contributed by atoms with Crippen LogP contribution in [0.2, 0.25) is 0 Å². The number of aliphatic carboxylic acids is 1. The quantitative estimate of drug-likeness (QED) is 0.0797. The van der Waals surface area contributed by atoms with Crippen LogP contribution >= 0.6 is 0 Å². The number of hydrogen-bond donors (Lipinski definition) is 8. The summed E-state index contributed by atoms with van der Waals surface area (Å²) in [7, 11) is 0. The van der Waals surface area contributed by atoms with Crippen molar-refractivity contribution in [2.75, 3.05) is 6.54 Å². The second-order valence-corrected chi connectivity index (χ2v) is 8.20. The fraction of sp³-hybridized carbons (Fsp3) is 0.600. The van der Waals surface area contributed by atoms with E-state index in [9.17, 15) is 24.3 Å². The zero-order chi connectivity index (χ0) is 25.8. The highest BCUT2D eigenvalue weighted by Gasteiger charge is 2.30. The number of carbonyl (C=O) groups excluding carboxylic acids is 3. The molecule has 14 heteroatoms. The molecule has 0 saturated heterocycles. The summed E-state index contributed by atoms with van der Waals surface area (Å²) in [6.45, 7) is 4.95. The lowest BCUT2D eigenvalue weighted by Crippen LogP contribution is -2.57. The number of aliphatic imine (C=N–C) groups is 1. The van der Waals surface area contributed by atoms with Crippen LogP contribution in [0.5, 0.6) is 0 Å². The SMILES string of the molecule is CC(NC(=O)C(N)Cc1cnc[nH]1)C(=O)NC(CCCN=C(N)N)C(=O)NC(C(=O)O)C(C)C. The van der Waals surface area contributed by atoms with Crippen molar-refractivity contribution < 1.29 is 24.3 Å². The maximum atomic E-state index is 12.8. The van der Waals surface area contributed by atoms with Crippen LogP contribution in [0.3, 0.4) is 0 Å². The smallest absolute Gasteiger partial charge is 0.326 e. The van der Waals surface area contributed by atoms with Crippen LogP contribution in [0.1, 0.15) is 39.3 Å². The summed E-state index contributed by atoms with van der Waals surface area (Å²) in [4.78, 5) is 59.8. The van der Waals surface area contributed by atoms with Crippen LogP contribution in [0.4, 0.5) is 0 Å². The van der Waals surface area contributed by atoms with Crippen LogP contribution in [-0.2, 0) is 25.6 Å². The first-order valence-corrected chi connectivity index (χ1v) is 10.8. The Kier molecular flexibility index (Phi) is 11.5. The molecule has 4 unspecified atom stereocenters. The fourth-order valence-electron chi connectivity index (χ4n) is 2.95. The molecule has 0 radical (unpaired) electrons. The minimum absolute atomic E-state index is 0.112. The average Bonchev–Trinajstić information content (AvgIpc) is 3.25. The Balaban J connectivity index is 2.79. The van der Waals surface area contributed by atoms with Gasteiger partial charge in [-0.15, -0.1) is 0 Å². The molecule has 190 valence electrons. The highest BCUT2D eigenvalue weighted by atomic mass is 16.4. The third-order valence-electron chi connectivity index (χ3n) is 4.89. The molecule has 0 spiro atoms. The number of rotatable bonds is 14. The summed E-state index contributed by atoms with van der Waals surface area (Å²) in [5, 5.41) is 16.8. The number of hydrogen-bond acceptors (Lipinski definition) is 7. The van der Waals surface area contributed by atoms with Crippen LogP contribution < -0.4 is 33.2 Å². The zero-order valence-corrected chi connectivity index (χ0v) is 19.6. The maximum Gasteiger partial charge on any atom is 0.326 e. The normalized spacial score (nSPS) is 14.4. The molecular formula is C20H35N9O5. The van der Waals surface area contributed by atoms with Crippen molar-refractivity contribution in [3.63, 3.8) is 0 Å². The third kappa shape index (κ3) is 9.85. The molecule has 0 aliphatic carbocycles. The lowest BCUT2D eigenvalue weighted by molar-refractivity contribution is -0.143. The van der Waals surface area contributed by atoms with Crippen LogP contribution in [-0.4, -0.2) is 75.4 Å². The van der Waals surface area contributed by atoms with E-state index in [4.69, 9.17) is 17.2 Å². The number of nitrogens with zero attached hydrogens (tertiary/aromatic N) is 2. The molecule has 1 heterocycles. The van der Waals surface area contributed by atoms with Crippen LogP contribution in [0.15, 0.2) is 17.5 Å². The average molecular weight is 482 g/mol. The van der Waals surface area contributed by atoms with Crippen molar-refractivity contribution in [2.45, 2.75) is 64.2 Å². The van der Waals surface area contributed by atoms with Crippen molar-refractivity contribution in [3.05, 3.63) is 18.2 Å². The van der Waals surface area contributed by atoms with Gasteiger partial charge in [0.15, 0.2) is 5.96 Å². The lowest BCUT2D eigenvalue weighted by Gasteiger charge is -2.25. The number of imidazole rings is 1. The number of carboxylic acids is 1. The predicted molar refractivity (Wildman–Crippen MR) is 124 cm³/mol. The number of aromatic nitrogens is 2. The van der Waals surface area contributed by atoms with Gasteiger partial charge in [0.05, 0.1) is 12.4 Å². The van der Waals surface area contributed by atoms with E-state index < -0.39 is 47.9 Å². The molecule has 0 fully saturated rings. The van der Waals surface area contributed by atoms with Crippen molar-refractivity contribution >= 4 is 29.7 Å². The summed E-state index contributed by atoms with van der Waals surface area (Å²) in [6, 6.07) is -4.13. The van der Waals surface area contributed by atoms with E-state index in [0.29, 0.717) is 12.1 Å². The molecule has 1 aromatic rings. The summed E-state index contributed by atoms with van der Waals surface area (Å²) in [5.74, 6) is -3.56. The van der Waals surface area contributed by atoms with Gasteiger partial charge in [0.2, 0.25) is 17.7 Å². The Morgan fingerprint density at radius 1 is 1.09 bits per heavy atom. The summed E-state index contributed by atoms with van der Waals surface area (Å²) in [5.41, 5.74) is 17.1. The molecule has 1 rings (SSSR count). The Bertz CT molecular complexity index is 853. The van der Waals surface area contributed by atoms with Crippen molar-refractivity contribution in [1.82, 2.24) is 25.9 Å². The van der Waals surface area contributed by atoms with Gasteiger partial charge in [-0.3, -0.25) is 19.4 Å². The van der Waals surface area contributed by atoms with E-state index in [1.165, 1.54) is 19.4 Å². The summed E-state index contributed by atoms with van der Waals surface area (Å²) >= 11 is 0. The van der Waals surface area contributed by atoms with Crippen molar-refractivity contribution in [1.29, 1.82) is 0 Å². The summed E-state index contributed by atoms with van der Waals surface area (Å²) in [6.07, 6.45) is 3.67. The Morgan fingerprint density at radius 2 is 1.76 bits per heavy atom. The van der Waals surface area contributed by atoms with E-state index in [1.54, 1.807) is 13.8 Å². The lowest BCUT2D eigenvalue weighted by atomic mass is 10.0. The molecule has 0 aliphatic heterocycles. The first-order chi connectivity index (χ1) is 15.9. The maximum absolute atomic E-state index is 12.8. The molecule has 0 bridgehead atoms. The minimum Gasteiger partial charge on any atom is -0.480 e. The van der Waals surface area contributed by atoms with Gasteiger partial charge in [0.1, 0.15) is 18.1 Å². The Labute approximate surface area is 197 Å². The first-order valence-electron chi connectivity index (χ1n) is 10.8. The van der Waals surface area contributed by atoms with Crippen LogP contribution in [0, 0.1) is 5.92 Å². The van der Waals surface area contributed by atoms with Gasteiger partial charge >= 0.3 is 5.97 Å². The number of aromatic amines is 1. The molecular weight excluding hydrogens is 446 g/mol. The highest BCUT2D eigenvalue weighted by molar-refractivity contribution is 5.94. The molecule has 0 aromatic carbocycles. The van der Waals surface area contributed by atoms with E-state index in [0.717, 1.165) is 0 Å². The van der Waals surface area contributed by atoms with Gasteiger partial charge in [-0.25, -0.2) is 9.78 Å². The van der Waals surface area contributed by atoms with E-state index in [1.807, 2.05) is 0 Å². The predicted octanol–water partition coefficient (Wildman–Crippen LogP) is -2.45.